The maximum absolute atomic E-state index is 12.2. The van der Waals surface area contributed by atoms with Gasteiger partial charge in [-0.15, -0.1) is 0 Å². The van der Waals surface area contributed by atoms with Gasteiger partial charge in [0.2, 0.25) is 0 Å². The second-order valence-corrected chi connectivity index (χ2v) is 7.40. The summed E-state index contributed by atoms with van der Waals surface area (Å²) in [6, 6.07) is 0. The first-order chi connectivity index (χ1) is 6.67. The molecule has 0 saturated heterocycles. The van der Waals surface area contributed by atoms with Crippen LogP contribution in [0.1, 0.15) is 13.3 Å². The van der Waals surface area contributed by atoms with Gasteiger partial charge < -0.3 is 0 Å². The molecule has 6 fully saturated rings. The van der Waals surface area contributed by atoms with Crippen LogP contribution < -0.4 is 0 Å². The molecule has 0 aromatic rings. The van der Waals surface area contributed by atoms with E-state index in [1.807, 2.05) is 0 Å². The molecule has 0 heterocycles. The van der Waals surface area contributed by atoms with Crippen molar-refractivity contribution in [2.75, 3.05) is 0 Å². The molecule has 0 aromatic carbocycles. The van der Waals surface area contributed by atoms with E-state index in [1.54, 1.807) is 0 Å². The summed E-state index contributed by atoms with van der Waals surface area (Å²) in [5.74, 6) is 5.85. The van der Waals surface area contributed by atoms with E-state index < -0.39 is 0 Å². The summed E-state index contributed by atoms with van der Waals surface area (Å²) >= 11 is 3.92. The molecule has 74 valence electrons. The molecular formula is C12H13BrO. The predicted molar refractivity (Wildman–Crippen MR) is 54.9 cm³/mol. The molecule has 6 bridgehead atoms. The van der Waals surface area contributed by atoms with E-state index >= 15 is 0 Å². The average molecular weight is 253 g/mol. The van der Waals surface area contributed by atoms with Crippen LogP contribution in [0, 0.1) is 46.8 Å². The third kappa shape index (κ3) is 0.391. The third-order valence-electron chi connectivity index (χ3n) is 6.63. The van der Waals surface area contributed by atoms with Gasteiger partial charge in [0, 0.05) is 16.7 Å². The van der Waals surface area contributed by atoms with Crippen LogP contribution in [-0.4, -0.2) is 10.6 Å². The lowest BCUT2D eigenvalue weighted by Crippen LogP contribution is -2.37. The van der Waals surface area contributed by atoms with Crippen molar-refractivity contribution in [1.29, 1.82) is 0 Å². The first kappa shape index (κ1) is 7.43. The van der Waals surface area contributed by atoms with E-state index in [9.17, 15) is 4.79 Å². The second-order valence-electron chi connectivity index (χ2n) is 6.42. The Bertz CT molecular complexity index is 390. The molecule has 2 heteroatoms. The van der Waals surface area contributed by atoms with Crippen LogP contribution in [0.4, 0.5) is 0 Å². The van der Waals surface area contributed by atoms with Gasteiger partial charge in [-0.1, -0.05) is 22.9 Å². The van der Waals surface area contributed by atoms with E-state index in [0.717, 1.165) is 29.6 Å². The zero-order valence-electron chi connectivity index (χ0n) is 8.11. The fraction of sp³-hybridized carbons (Fsp3) is 0.917. The Morgan fingerprint density at radius 2 is 2.14 bits per heavy atom. The molecule has 9 atom stereocenters. The van der Waals surface area contributed by atoms with Crippen molar-refractivity contribution >= 4 is 21.7 Å². The summed E-state index contributed by atoms with van der Waals surface area (Å²) in [4.78, 5) is 12.9. The van der Waals surface area contributed by atoms with Gasteiger partial charge in [0.15, 0.2) is 0 Å². The summed E-state index contributed by atoms with van der Waals surface area (Å²) in [5, 5.41) is 0. The SMILES string of the molecule is C[C@@]12[C@H]3[C@H]4C[C@@H]5[C@@H]3C(=O)[C@H]1[C@@H]5[C@H]4[C@@H]2Br. The number of ketones is 1. The first-order valence-electron chi connectivity index (χ1n) is 5.85. The van der Waals surface area contributed by atoms with Crippen LogP contribution in [0.3, 0.4) is 0 Å². The Balaban J connectivity index is 1.92. The Kier molecular flexibility index (Phi) is 0.883. The lowest BCUT2D eigenvalue weighted by molar-refractivity contribution is -0.122. The minimum Gasteiger partial charge on any atom is -0.299 e. The maximum atomic E-state index is 12.2. The fourth-order valence-electron chi connectivity index (χ4n) is 6.72. The zero-order valence-corrected chi connectivity index (χ0v) is 9.70. The summed E-state index contributed by atoms with van der Waals surface area (Å²) in [5.41, 5.74) is 0.370. The van der Waals surface area contributed by atoms with Gasteiger partial charge in [-0.25, -0.2) is 0 Å². The number of carbonyl (C=O) groups is 1. The molecule has 0 aliphatic heterocycles. The molecule has 6 rings (SSSR count). The van der Waals surface area contributed by atoms with Crippen molar-refractivity contribution in [2.45, 2.75) is 18.2 Å². The van der Waals surface area contributed by atoms with E-state index in [1.165, 1.54) is 6.42 Å². The third-order valence-corrected chi connectivity index (χ3v) is 8.22. The normalized spacial score (nSPS) is 80.3. The molecule has 6 aliphatic rings. The average Bonchev–Trinajstić information content (AvgIpc) is 2.81. The van der Waals surface area contributed by atoms with Gasteiger partial charge in [-0.05, 0) is 41.4 Å². The van der Waals surface area contributed by atoms with Crippen molar-refractivity contribution < 1.29 is 4.79 Å². The van der Waals surface area contributed by atoms with Crippen LogP contribution in [-0.2, 0) is 4.79 Å². The molecule has 6 saturated carbocycles. The van der Waals surface area contributed by atoms with Crippen LogP contribution in [0.25, 0.3) is 0 Å². The number of halogens is 1. The van der Waals surface area contributed by atoms with Crippen molar-refractivity contribution in [2.24, 2.45) is 46.8 Å². The van der Waals surface area contributed by atoms with Crippen molar-refractivity contribution in [3.8, 4) is 0 Å². The number of Topliss-reactive ketones (excluding diaryl/α,β-unsaturated/α-hetero) is 1. The van der Waals surface area contributed by atoms with Crippen LogP contribution in [0.15, 0.2) is 0 Å². The topological polar surface area (TPSA) is 17.1 Å². The van der Waals surface area contributed by atoms with E-state index in [-0.39, 0.29) is 0 Å². The summed E-state index contributed by atoms with van der Waals surface area (Å²) in [7, 11) is 0. The molecule has 1 nitrogen and oxygen atoms in total. The zero-order chi connectivity index (χ0) is 9.40. The van der Waals surface area contributed by atoms with E-state index in [0.29, 0.717) is 27.9 Å². The highest BCUT2D eigenvalue weighted by atomic mass is 79.9. The number of carbonyl (C=O) groups excluding carboxylic acids is 1. The van der Waals surface area contributed by atoms with Gasteiger partial charge in [-0.3, -0.25) is 4.79 Å². The first-order valence-corrected chi connectivity index (χ1v) is 6.76. The molecule has 6 aliphatic carbocycles. The lowest BCUT2D eigenvalue weighted by atomic mass is 9.64. The second kappa shape index (κ2) is 1.66. The van der Waals surface area contributed by atoms with Crippen molar-refractivity contribution in [3.63, 3.8) is 0 Å². The van der Waals surface area contributed by atoms with E-state index in [2.05, 4.69) is 22.9 Å². The standard InChI is InChI=1S/C12H13BrO/c1-12-8-4-2-3-5(6(4)11(12)13)9(12)10(14)7(3)8/h3-9,11H,2H2,1H3/t3-,4-,5-,6-,7-,8-,9+,11-,12+/m0/s1. The highest BCUT2D eigenvalue weighted by molar-refractivity contribution is 9.09. The lowest BCUT2D eigenvalue weighted by Gasteiger charge is -2.38. The summed E-state index contributed by atoms with van der Waals surface area (Å²) < 4.78 is 0. The highest BCUT2D eigenvalue weighted by Gasteiger charge is 2.87. The van der Waals surface area contributed by atoms with Gasteiger partial charge in [-0.2, -0.15) is 0 Å². The molecule has 0 N–H and O–H groups in total. The molecule has 14 heavy (non-hydrogen) atoms. The predicted octanol–water partition coefficient (Wildman–Crippen LogP) is 2.10. The van der Waals surface area contributed by atoms with Crippen molar-refractivity contribution in [1.82, 2.24) is 0 Å². The van der Waals surface area contributed by atoms with E-state index in [4.69, 9.17) is 0 Å². The Morgan fingerprint density at radius 3 is 2.86 bits per heavy atom. The Hall–Kier alpha value is 0.150. The maximum Gasteiger partial charge on any atom is 0.140 e. The minimum atomic E-state index is 0.370. The smallest absolute Gasteiger partial charge is 0.140 e. The molecular weight excluding hydrogens is 240 g/mol. The number of rotatable bonds is 0. The number of hydrogen-bond donors (Lipinski definition) is 0. The van der Waals surface area contributed by atoms with Crippen LogP contribution in [0.2, 0.25) is 0 Å². The van der Waals surface area contributed by atoms with Crippen molar-refractivity contribution in [3.05, 3.63) is 0 Å². The molecule has 0 aromatic heterocycles. The number of hydrogen-bond acceptors (Lipinski definition) is 1. The Labute approximate surface area is 91.8 Å². The molecule has 0 unspecified atom stereocenters. The van der Waals surface area contributed by atoms with Gasteiger partial charge in [0.25, 0.3) is 0 Å². The monoisotopic (exact) mass is 252 g/mol. The highest BCUT2D eigenvalue weighted by Crippen LogP contribution is 2.86. The molecule has 0 amide bonds. The van der Waals surface area contributed by atoms with Gasteiger partial charge in [0.1, 0.15) is 5.78 Å². The summed E-state index contributed by atoms with van der Waals surface area (Å²) in [6.45, 7) is 2.40. The fourth-order valence-corrected chi connectivity index (χ4v) is 8.05. The largest absolute Gasteiger partial charge is 0.299 e. The quantitative estimate of drug-likeness (QED) is 0.604. The molecule has 0 radical (unpaired) electrons. The van der Waals surface area contributed by atoms with Crippen LogP contribution in [0.5, 0.6) is 0 Å². The van der Waals surface area contributed by atoms with Crippen LogP contribution >= 0.6 is 15.9 Å². The van der Waals surface area contributed by atoms with Gasteiger partial charge >= 0.3 is 0 Å². The summed E-state index contributed by atoms with van der Waals surface area (Å²) in [6.07, 6.45) is 1.39. The molecule has 0 spiro atoms. The van der Waals surface area contributed by atoms with Gasteiger partial charge in [0.05, 0.1) is 0 Å². The number of alkyl halides is 1. The Morgan fingerprint density at radius 1 is 1.36 bits per heavy atom. The minimum absolute atomic E-state index is 0.370.